The third kappa shape index (κ3) is 5.74. The lowest BCUT2D eigenvalue weighted by molar-refractivity contribution is 0.00750. The highest BCUT2D eigenvalue weighted by Gasteiger charge is 2.35. The smallest absolute Gasteiger partial charge is 0.191 e. The zero-order valence-corrected chi connectivity index (χ0v) is 19.2. The standard InChI is InChI=1S/C24H40N4O2/c1-19(2)22(28-11-15-30-16-12-28)17-26-23(25-4)27-18-24(9-13-29-14-10-24)21-8-6-5-7-20(21)3/h5-8,19,22H,9-18H2,1-4H3,(H2,25,26,27). The van der Waals surface area contributed by atoms with Crippen molar-refractivity contribution in [3.63, 3.8) is 0 Å². The fourth-order valence-corrected chi connectivity index (χ4v) is 4.84. The molecule has 0 saturated carbocycles. The van der Waals surface area contributed by atoms with Crippen LogP contribution in [0.1, 0.15) is 37.8 Å². The van der Waals surface area contributed by atoms with Gasteiger partial charge in [-0.3, -0.25) is 9.89 Å². The van der Waals surface area contributed by atoms with Crippen LogP contribution in [0.15, 0.2) is 29.3 Å². The van der Waals surface area contributed by atoms with Gasteiger partial charge in [0, 0.05) is 57.9 Å². The first-order valence-electron chi connectivity index (χ1n) is 11.5. The van der Waals surface area contributed by atoms with Gasteiger partial charge >= 0.3 is 0 Å². The average molecular weight is 417 g/mol. The highest BCUT2D eigenvalue weighted by Crippen LogP contribution is 2.36. The van der Waals surface area contributed by atoms with E-state index in [2.05, 4.69) is 65.6 Å². The van der Waals surface area contributed by atoms with Crippen LogP contribution in [0.25, 0.3) is 0 Å². The second-order valence-corrected chi connectivity index (χ2v) is 8.97. The zero-order valence-electron chi connectivity index (χ0n) is 19.2. The minimum absolute atomic E-state index is 0.0862. The average Bonchev–Trinajstić information content (AvgIpc) is 2.77. The van der Waals surface area contributed by atoms with Gasteiger partial charge < -0.3 is 20.1 Å². The second-order valence-electron chi connectivity index (χ2n) is 8.97. The van der Waals surface area contributed by atoms with E-state index >= 15 is 0 Å². The number of aryl methyl sites for hydroxylation is 1. The number of nitrogens with one attached hydrogen (secondary N) is 2. The molecule has 0 radical (unpaired) electrons. The van der Waals surface area contributed by atoms with Crippen LogP contribution in [0.2, 0.25) is 0 Å². The fraction of sp³-hybridized carbons (Fsp3) is 0.708. The van der Waals surface area contributed by atoms with Crippen LogP contribution in [0.3, 0.4) is 0 Å². The van der Waals surface area contributed by atoms with Gasteiger partial charge in [0.05, 0.1) is 13.2 Å². The predicted molar refractivity (Wildman–Crippen MR) is 123 cm³/mol. The van der Waals surface area contributed by atoms with Crippen molar-refractivity contribution in [3.05, 3.63) is 35.4 Å². The van der Waals surface area contributed by atoms with E-state index in [-0.39, 0.29) is 5.41 Å². The van der Waals surface area contributed by atoms with Crippen molar-refractivity contribution in [3.8, 4) is 0 Å². The number of benzene rings is 1. The van der Waals surface area contributed by atoms with Crippen LogP contribution >= 0.6 is 0 Å². The Hall–Kier alpha value is -1.63. The van der Waals surface area contributed by atoms with Crippen LogP contribution < -0.4 is 10.6 Å². The van der Waals surface area contributed by atoms with Crippen LogP contribution in [0, 0.1) is 12.8 Å². The minimum Gasteiger partial charge on any atom is -0.381 e. The molecule has 2 aliphatic rings. The summed E-state index contributed by atoms with van der Waals surface area (Å²) < 4.78 is 11.2. The summed E-state index contributed by atoms with van der Waals surface area (Å²) in [6.07, 6.45) is 2.06. The Bertz CT molecular complexity index is 680. The van der Waals surface area contributed by atoms with Crippen molar-refractivity contribution in [2.75, 3.05) is 59.7 Å². The lowest BCUT2D eigenvalue weighted by Crippen LogP contribution is -2.54. The summed E-state index contributed by atoms with van der Waals surface area (Å²) in [5.74, 6) is 1.45. The Balaban J connectivity index is 1.63. The Morgan fingerprint density at radius 1 is 1.07 bits per heavy atom. The van der Waals surface area contributed by atoms with E-state index in [1.54, 1.807) is 0 Å². The van der Waals surface area contributed by atoms with Crippen molar-refractivity contribution in [1.82, 2.24) is 15.5 Å². The summed E-state index contributed by atoms with van der Waals surface area (Å²) in [6.45, 7) is 13.9. The summed E-state index contributed by atoms with van der Waals surface area (Å²) in [5.41, 5.74) is 2.88. The normalized spacial score (nSPS) is 21.4. The maximum absolute atomic E-state index is 5.70. The molecular weight excluding hydrogens is 376 g/mol. The SMILES string of the molecule is CN=C(NCC(C(C)C)N1CCOCC1)NCC1(c2ccccc2C)CCOCC1. The van der Waals surface area contributed by atoms with Crippen molar-refractivity contribution in [2.24, 2.45) is 10.9 Å². The predicted octanol–water partition coefficient (Wildman–Crippen LogP) is 2.57. The highest BCUT2D eigenvalue weighted by atomic mass is 16.5. The van der Waals surface area contributed by atoms with Gasteiger partial charge in [-0.15, -0.1) is 0 Å². The number of rotatable bonds is 7. The number of morpholine rings is 1. The van der Waals surface area contributed by atoms with E-state index in [0.717, 1.165) is 71.4 Å². The molecule has 0 aliphatic carbocycles. The summed E-state index contributed by atoms with van der Waals surface area (Å²) in [6, 6.07) is 9.25. The van der Waals surface area contributed by atoms with Gasteiger partial charge in [-0.25, -0.2) is 0 Å². The molecule has 2 heterocycles. The molecule has 1 atom stereocenters. The molecular formula is C24H40N4O2. The van der Waals surface area contributed by atoms with E-state index in [1.807, 2.05) is 7.05 Å². The molecule has 1 unspecified atom stereocenters. The van der Waals surface area contributed by atoms with Crippen LogP contribution in [0.5, 0.6) is 0 Å². The van der Waals surface area contributed by atoms with Crippen molar-refractivity contribution in [1.29, 1.82) is 0 Å². The molecule has 0 aromatic heterocycles. The lowest BCUT2D eigenvalue weighted by Gasteiger charge is -2.40. The van der Waals surface area contributed by atoms with Crippen molar-refractivity contribution >= 4 is 5.96 Å². The van der Waals surface area contributed by atoms with E-state index < -0.39 is 0 Å². The van der Waals surface area contributed by atoms with E-state index in [1.165, 1.54) is 11.1 Å². The van der Waals surface area contributed by atoms with Gasteiger partial charge in [0.25, 0.3) is 0 Å². The van der Waals surface area contributed by atoms with Crippen LogP contribution in [0.4, 0.5) is 0 Å². The van der Waals surface area contributed by atoms with Crippen LogP contribution in [-0.2, 0) is 14.9 Å². The van der Waals surface area contributed by atoms with E-state index in [4.69, 9.17) is 9.47 Å². The minimum atomic E-state index is 0.0862. The maximum Gasteiger partial charge on any atom is 0.191 e. The first kappa shape index (κ1) is 23.0. The molecule has 0 amide bonds. The zero-order chi connectivity index (χ0) is 21.4. The van der Waals surface area contributed by atoms with Gasteiger partial charge in [-0.05, 0) is 36.8 Å². The Morgan fingerprint density at radius 2 is 1.73 bits per heavy atom. The molecule has 6 nitrogen and oxygen atoms in total. The van der Waals surface area contributed by atoms with Crippen molar-refractivity contribution < 1.29 is 9.47 Å². The van der Waals surface area contributed by atoms with Gasteiger partial charge in [-0.2, -0.15) is 0 Å². The Morgan fingerprint density at radius 3 is 2.37 bits per heavy atom. The van der Waals surface area contributed by atoms with Crippen LogP contribution in [-0.4, -0.2) is 76.6 Å². The van der Waals surface area contributed by atoms with E-state index in [9.17, 15) is 0 Å². The summed E-state index contributed by atoms with van der Waals surface area (Å²) >= 11 is 0. The number of hydrogen-bond donors (Lipinski definition) is 2. The summed E-state index contributed by atoms with van der Waals surface area (Å²) in [5, 5.41) is 7.24. The van der Waals surface area contributed by atoms with Gasteiger partial charge in [0.2, 0.25) is 0 Å². The number of aliphatic imine (C=N–C) groups is 1. The van der Waals surface area contributed by atoms with Gasteiger partial charge in [-0.1, -0.05) is 38.1 Å². The topological polar surface area (TPSA) is 58.1 Å². The highest BCUT2D eigenvalue weighted by molar-refractivity contribution is 5.79. The number of hydrogen-bond acceptors (Lipinski definition) is 4. The molecule has 2 N–H and O–H groups in total. The third-order valence-corrected chi connectivity index (χ3v) is 6.75. The molecule has 3 rings (SSSR count). The Labute approximate surface area is 182 Å². The molecule has 168 valence electrons. The summed E-state index contributed by atoms with van der Waals surface area (Å²) in [7, 11) is 1.86. The van der Waals surface area contributed by atoms with Gasteiger partial charge in [0.1, 0.15) is 0 Å². The lowest BCUT2D eigenvalue weighted by atomic mass is 9.72. The maximum atomic E-state index is 5.70. The first-order chi connectivity index (χ1) is 14.6. The van der Waals surface area contributed by atoms with Crippen molar-refractivity contribution in [2.45, 2.75) is 45.1 Å². The summed E-state index contributed by atoms with van der Waals surface area (Å²) in [4.78, 5) is 7.06. The fourth-order valence-electron chi connectivity index (χ4n) is 4.84. The second kappa shape index (κ2) is 11.1. The number of ether oxygens (including phenoxy) is 2. The monoisotopic (exact) mass is 416 g/mol. The molecule has 2 fully saturated rings. The molecule has 1 aromatic carbocycles. The molecule has 0 bridgehead atoms. The van der Waals surface area contributed by atoms with E-state index in [0.29, 0.717) is 12.0 Å². The molecule has 30 heavy (non-hydrogen) atoms. The largest absolute Gasteiger partial charge is 0.381 e. The molecule has 2 saturated heterocycles. The van der Waals surface area contributed by atoms with Gasteiger partial charge in [0.15, 0.2) is 5.96 Å². The molecule has 1 aromatic rings. The number of nitrogens with zero attached hydrogens (tertiary/aromatic N) is 2. The molecule has 0 spiro atoms. The number of guanidine groups is 1. The third-order valence-electron chi connectivity index (χ3n) is 6.75. The Kier molecular flexibility index (Phi) is 8.54. The first-order valence-corrected chi connectivity index (χ1v) is 11.5. The molecule has 6 heteroatoms. The quantitative estimate of drug-likeness (QED) is 0.529. The molecule has 2 aliphatic heterocycles.